The van der Waals surface area contributed by atoms with Crippen LogP contribution in [-0.4, -0.2) is 125 Å². The normalized spacial score (nSPS) is 11.3. The molecule has 0 aliphatic rings. The van der Waals surface area contributed by atoms with E-state index in [9.17, 15) is 39.6 Å². The van der Waals surface area contributed by atoms with Crippen LogP contribution in [0.25, 0.3) is 0 Å². The molecule has 0 aliphatic heterocycles. The Balaban J connectivity index is 3.74. The fourth-order valence-electron chi connectivity index (χ4n) is 8.05. The minimum absolute atomic E-state index is 0.00397. The number of carbonyl (C=O) groups excluding carboxylic acids is 5. The van der Waals surface area contributed by atoms with Gasteiger partial charge in [0.2, 0.25) is 29.5 Å². The second-order valence-electron chi connectivity index (χ2n) is 18.7. The summed E-state index contributed by atoms with van der Waals surface area (Å²) >= 11 is 0. The summed E-state index contributed by atoms with van der Waals surface area (Å²) < 4.78 is 0. The standard InChI is InChI=1S/C51H101N6O8P/c1-4-6-8-10-17-30-44-66(45-31-18-11-9-7-5-2)46-32-19-15-13-12-14-16-23-37-52-38-24-20-28-42-56(64)50(61)35-33-49(60)54-40-26-22-29-43-57(65)51(62)36-34-48(59)53-39-25-21-27-41-55(63)47(3)58/h52,63-65H,4-46H2,1-3H3,(H,53,59)(H,54,60)/p+1. The molecule has 0 unspecified atom stereocenters. The zero-order valence-electron chi connectivity index (χ0n) is 42.6. The molecule has 15 heteroatoms. The lowest BCUT2D eigenvalue weighted by molar-refractivity contribution is -0.166. The van der Waals surface area contributed by atoms with Crippen LogP contribution in [0.15, 0.2) is 0 Å². The molecule has 0 fully saturated rings. The predicted molar refractivity (Wildman–Crippen MR) is 272 cm³/mol. The lowest BCUT2D eigenvalue weighted by atomic mass is 10.1. The fraction of sp³-hybridized carbons (Fsp3) is 0.902. The van der Waals surface area contributed by atoms with Crippen LogP contribution >= 0.6 is 7.92 Å². The molecule has 0 aromatic carbocycles. The summed E-state index contributed by atoms with van der Waals surface area (Å²) in [6, 6.07) is 0. The number of nitrogens with one attached hydrogen (secondary N) is 3. The fourth-order valence-corrected chi connectivity index (χ4v) is 11.0. The van der Waals surface area contributed by atoms with Crippen molar-refractivity contribution in [3.63, 3.8) is 0 Å². The molecule has 388 valence electrons. The first kappa shape index (κ1) is 63.6. The van der Waals surface area contributed by atoms with Crippen LogP contribution < -0.4 is 16.0 Å². The zero-order chi connectivity index (χ0) is 48.7. The summed E-state index contributed by atoms with van der Waals surface area (Å²) in [5.41, 5.74) is 0. The van der Waals surface area contributed by atoms with Gasteiger partial charge in [0.05, 0.1) is 18.5 Å². The van der Waals surface area contributed by atoms with E-state index in [1.54, 1.807) is 18.5 Å². The van der Waals surface area contributed by atoms with E-state index in [2.05, 4.69) is 29.8 Å². The molecule has 14 nitrogen and oxygen atoms in total. The van der Waals surface area contributed by atoms with E-state index < -0.39 is 17.7 Å². The average molecular weight is 958 g/mol. The third-order valence-electron chi connectivity index (χ3n) is 12.4. The zero-order valence-corrected chi connectivity index (χ0v) is 43.6. The quantitative estimate of drug-likeness (QED) is 0.0149. The Morgan fingerprint density at radius 1 is 0.379 bits per heavy atom. The van der Waals surface area contributed by atoms with E-state index in [0.717, 1.165) is 37.4 Å². The molecular formula is C51H102N6O8P+. The first-order chi connectivity index (χ1) is 32.0. The highest BCUT2D eigenvalue weighted by molar-refractivity contribution is 7.57. The van der Waals surface area contributed by atoms with Gasteiger partial charge in [0.25, 0.3) is 0 Å². The Bertz CT molecular complexity index is 1170. The first-order valence-corrected chi connectivity index (χ1v) is 29.2. The summed E-state index contributed by atoms with van der Waals surface area (Å²) in [6.07, 6.45) is 39.0. The summed E-state index contributed by atoms with van der Waals surface area (Å²) in [5, 5.41) is 40.5. The molecule has 0 rings (SSSR count). The molecule has 66 heavy (non-hydrogen) atoms. The second-order valence-corrected chi connectivity index (χ2v) is 21.7. The number of nitrogens with zero attached hydrogens (tertiary/aromatic N) is 3. The Labute approximate surface area is 403 Å². The van der Waals surface area contributed by atoms with Crippen LogP contribution in [0.1, 0.15) is 233 Å². The highest BCUT2D eigenvalue weighted by Gasteiger charge is 2.16. The van der Waals surface area contributed by atoms with E-state index in [0.29, 0.717) is 61.7 Å². The van der Waals surface area contributed by atoms with Crippen molar-refractivity contribution in [3.05, 3.63) is 0 Å². The number of amides is 5. The average Bonchev–Trinajstić information content (AvgIpc) is 3.30. The van der Waals surface area contributed by atoms with Crippen LogP contribution in [0.5, 0.6) is 0 Å². The Morgan fingerprint density at radius 3 is 1.05 bits per heavy atom. The van der Waals surface area contributed by atoms with E-state index in [1.165, 1.54) is 135 Å². The number of unbranched alkanes of at least 4 members (excludes halogenated alkanes) is 23. The van der Waals surface area contributed by atoms with Crippen molar-refractivity contribution in [1.29, 1.82) is 0 Å². The number of hydrogen-bond acceptors (Lipinski definition) is 9. The minimum Gasteiger partial charge on any atom is -0.356 e. The van der Waals surface area contributed by atoms with Crippen molar-refractivity contribution >= 4 is 37.5 Å². The molecule has 0 radical (unpaired) electrons. The second kappa shape index (κ2) is 47.7. The predicted octanol–water partition coefficient (Wildman–Crippen LogP) is 10.6. The van der Waals surface area contributed by atoms with Crippen LogP contribution in [0.2, 0.25) is 0 Å². The minimum atomic E-state index is -0.539. The third kappa shape index (κ3) is 42.9. The van der Waals surface area contributed by atoms with Gasteiger partial charge < -0.3 is 16.0 Å². The molecular weight excluding hydrogens is 856 g/mol. The van der Waals surface area contributed by atoms with Crippen LogP contribution in [0.4, 0.5) is 0 Å². The summed E-state index contributed by atoms with van der Waals surface area (Å²) in [5.74, 6) is -1.97. The first-order valence-electron chi connectivity index (χ1n) is 27.0. The van der Waals surface area contributed by atoms with Gasteiger partial charge in [-0.2, -0.15) is 0 Å². The Kier molecular flexibility index (Phi) is 46.0. The molecule has 0 bridgehead atoms. The summed E-state index contributed by atoms with van der Waals surface area (Å²) in [4.78, 5) is 59.6. The summed E-state index contributed by atoms with van der Waals surface area (Å²) in [7, 11) is -0.141. The van der Waals surface area contributed by atoms with Gasteiger partial charge >= 0.3 is 0 Å². The van der Waals surface area contributed by atoms with Gasteiger partial charge in [0.1, 0.15) is 0 Å². The van der Waals surface area contributed by atoms with E-state index in [1.807, 2.05) is 0 Å². The molecule has 0 aromatic heterocycles. The monoisotopic (exact) mass is 958 g/mol. The molecule has 0 spiro atoms. The SMILES string of the molecule is CCCCCCCC[PH+](CCCCCCCC)CCCCCCCCCCNCCCCCN(O)C(=O)CCC(=O)NCCCCCN(O)C(=O)CCC(=O)NCCCCCN(O)C(C)=O. The van der Waals surface area contributed by atoms with Crippen LogP contribution in [0.3, 0.4) is 0 Å². The van der Waals surface area contributed by atoms with Gasteiger partial charge in [0.15, 0.2) is 0 Å². The molecule has 0 atom stereocenters. The molecule has 0 heterocycles. The third-order valence-corrected chi connectivity index (χ3v) is 15.6. The van der Waals surface area contributed by atoms with E-state index in [-0.39, 0.29) is 65.1 Å². The van der Waals surface area contributed by atoms with Gasteiger partial charge in [-0.15, -0.1) is 0 Å². The maximum atomic E-state index is 12.3. The topological polar surface area (TPSA) is 192 Å². The van der Waals surface area contributed by atoms with E-state index >= 15 is 0 Å². The van der Waals surface area contributed by atoms with Gasteiger partial charge in [-0.25, -0.2) is 15.2 Å². The number of hydrogen-bond donors (Lipinski definition) is 6. The van der Waals surface area contributed by atoms with Crippen molar-refractivity contribution < 1.29 is 39.6 Å². The molecule has 0 saturated carbocycles. The Hall–Kier alpha value is -2.38. The molecule has 0 aromatic rings. The largest absolute Gasteiger partial charge is 0.356 e. The van der Waals surface area contributed by atoms with Crippen molar-refractivity contribution in [3.8, 4) is 0 Å². The molecule has 0 saturated heterocycles. The highest BCUT2D eigenvalue weighted by Crippen LogP contribution is 2.39. The van der Waals surface area contributed by atoms with Gasteiger partial charge in [-0.3, -0.25) is 39.6 Å². The maximum Gasteiger partial charge on any atom is 0.246 e. The van der Waals surface area contributed by atoms with Gasteiger partial charge in [-0.1, -0.05) is 104 Å². The van der Waals surface area contributed by atoms with E-state index in [4.69, 9.17) is 0 Å². The molecule has 0 aliphatic carbocycles. The van der Waals surface area contributed by atoms with Crippen LogP contribution in [0, 0.1) is 0 Å². The van der Waals surface area contributed by atoms with Crippen LogP contribution in [-0.2, 0) is 24.0 Å². The van der Waals surface area contributed by atoms with Gasteiger partial charge in [0, 0.05) is 73.3 Å². The number of carbonyl (C=O) groups is 5. The maximum absolute atomic E-state index is 12.3. The van der Waals surface area contributed by atoms with Crippen molar-refractivity contribution in [2.75, 3.05) is 64.3 Å². The van der Waals surface area contributed by atoms with Crippen molar-refractivity contribution in [2.24, 2.45) is 0 Å². The Morgan fingerprint density at radius 2 is 0.682 bits per heavy atom. The van der Waals surface area contributed by atoms with Crippen molar-refractivity contribution in [2.45, 2.75) is 233 Å². The number of hydroxylamine groups is 6. The smallest absolute Gasteiger partial charge is 0.246 e. The lowest BCUT2D eigenvalue weighted by Crippen LogP contribution is -2.31. The van der Waals surface area contributed by atoms with Gasteiger partial charge in [-0.05, 0) is 109 Å². The molecule has 5 amide bonds. The number of rotatable bonds is 49. The van der Waals surface area contributed by atoms with Crippen molar-refractivity contribution in [1.82, 2.24) is 31.1 Å². The molecule has 6 N–H and O–H groups in total. The summed E-state index contributed by atoms with van der Waals surface area (Å²) in [6.45, 7) is 9.32. The highest BCUT2D eigenvalue weighted by atomic mass is 31.1. The lowest BCUT2D eigenvalue weighted by Gasteiger charge is -2.15.